The Bertz CT molecular complexity index is 737. The fraction of sp³-hybridized carbons (Fsp3) is 0.294. The van der Waals surface area contributed by atoms with Crippen molar-refractivity contribution in [3.8, 4) is 0 Å². The van der Waals surface area contributed by atoms with E-state index in [2.05, 4.69) is 44.9 Å². The second-order valence-electron chi connectivity index (χ2n) is 5.27. The summed E-state index contributed by atoms with van der Waals surface area (Å²) in [6.07, 6.45) is 6.21. The monoisotopic (exact) mass is 455 g/mol. The van der Waals surface area contributed by atoms with Gasteiger partial charge in [-0.2, -0.15) is 0 Å². The van der Waals surface area contributed by atoms with E-state index in [-0.39, 0.29) is 24.0 Å². The first kappa shape index (κ1) is 18.7. The van der Waals surface area contributed by atoms with Gasteiger partial charge in [0.05, 0.1) is 12.2 Å². The first-order valence-electron chi connectivity index (χ1n) is 7.74. The highest BCUT2D eigenvalue weighted by Crippen LogP contribution is 2.10. The molecule has 3 aromatic rings. The van der Waals surface area contributed by atoms with Gasteiger partial charge >= 0.3 is 0 Å². The number of imidazole rings is 1. The SMILES string of the molecule is CN=C(NCCCc1ccccc1)NCc1cn2ccsc2n1.I. The van der Waals surface area contributed by atoms with Crippen LogP contribution >= 0.6 is 35.3 Å². The van der Waals surface area contributed by atoms with E-state index >= 15 is 0 Å². The summed E-state index contributed by atoms with van der Waals surface area (Å²) in [4.78, 5) is 9.82. The van der Waals surface area contributed by atoms with Gasteiger partial charge in [-0.25, -0.2) is 4.98 Å². The number of aromatic nitrogens is 2. The van der Waals surface area contributed by atoms with E-state index in [1.54, 1.807) is 18.4 Å². The number of benzene rings is 1. The Labute approximate surface area is 163 Å². The van der Waals surface area contributed by atoms with Crippen LogP contribution in [0.25, 0.3) is 4.96 Å². The van der Waals surface area contributed by atoms with Crippen molar-refractivity contribution in [3.05, 3.63) is 59.4 Å². The summed E-state index contributed by atoms with van der Waals surface area (Å²) in [6.45, 7) is 1.57. The van der Waals surface area contributed by atoms with Crippen LogP contribution in [0.3, 0.4) is 0 Å². The maximum absolute atomic E-state index is 4.55. The summed E-state index contributed by atoms with van der Waals surface area (Å²) < 4.78 is 2.04. The number of thiazole rings is 1. The third kappa shape index (κ3) is 5.20. The van der Waals surface area contributed by atoms with Gasteiger partial charge in [0.25, 0.3) is 0 Å². The molecular weight excluding hydrogens is 433 g/mol. The van der Waals surface area contributed by atoms with E-state index < -0.39 is 0 Å². The van der Waals surface area contributed by atoms with Crippen LogP contribution in [0.2, 0.25) is 0 Å². The maximum atomic E-state index is 4.55. The number of halogens is 1. The van der Waals surface area contributed by atoms with E-state index in [1.165, 1.54) is 5.56 Å². The summed E-state index contributed by atoms with van der Waals surface area (Å²) in [6, 6.07) is 10.5. The van der Waals surface area contributed by atoms with Crippen LogP contribution in [0.4, 0.5) is 0 Å². The third-order valence-electron chi connectivity index (χ3n) is 3.58. The molecule has 0 amide bonds. The van der Waals surface area contributed by atoms with Crippen LogP contribution in [0.15, 0.2) is 53.1 Å². The minimum Gasteiger partial charge on any atom is -0.356 e. The van der Waals surface area contributed by atoms with E-state index in [4.69, 9.17) is 0 Å². The third-order valence-corrected chi connectivity index (χ3v) is 4.35. The number of fused-ring (bicyclic) bond motifs is 1. The molecule has 5 nitrogen and oxygen atoms in total. The predicted molar refractivity (Wildman–Crippen MR) is 111 cm³/mol. The standard InChI is InChI=1S/C17H21N5S.HI/c1-18-16(19-9-5-8-14-6-3-2-4-7-14)20-12-15-13-22-10-11-23-17(22)21-15;/h2-4,6-7,10-11,13H,5,8-9,12H2,1H3,(H2,18,19,20);1H. The van der Waals surface area contributed by atoms with Gasteiger partial charge in [-0.1, -0.05) is 30.3 Å². The maximum Gasteiger partial charge on any atom is 0.193 e. The van der Waals surface area contributed by atoms with E-state index in [9.17, 15) is 0 Å². The zero-order valence-corrected chi connectivity index (χ0v) is 16.8. The first-order chi connectivity index (χ1) is 11.3. The number of rotatable bonds is 6. The molecule has 0 unspecified atom stereocenters. The number of aliphatic imine (C=N–C) groups is 1. The molecule has 3 rings (SSSR count). The zero-order chi connectivity index (χ0) is 15.9. The van der Waals surface area contributed by atoms with Gasteiger partial charge in [-0.15, -0.1) is 35.3 Å². The van der Waals surface area contributed by atoms with Gasteiger partial charge in [0.1, 0.15) is 0 Å². The Morgan fingerprint density at radius 2 is 2.08 bits per heavy atom. The van der Waals surface area contributed by atoms with E-state index in [1.807, 2.05) is 28.2 Å². The lowest BCUT2D eigenvalue weighted by Gasteiger charge is -2.10. The molecule has 0 saturated carbocycles. The summed E-state index contributed by atoms with van der Waals surface area (Å²) >= 11 is 1.64. The lowest BCUT2D eigenvalue weighted by atomic mass is 10.1. The topological polar surface area (TPSA) is 53.7 Å². The molecule has 0 bridgehead atoms. The molecule has 0 aliphatic rings. The number of guanidine groups is 1. The molecule has 24 heavy (non-hydrogen) atoms. The summed E-state index contributed by atoms with van der Waals surface area (Å²) in [7, 11) is 1.79. The Morgan fingerprint density at radius 3 is 2.83 bits per heavy atom. The van der Waals surface area contributed by atoms with Crippen molar-refractivity contribution in [2.75, 3.05) is 13.6 Å². The molecular formula is C17H22IN5S. The quantitative estimate of drug-likeness (QED) is 0.260. The molecule has 7 heteroatoms. The molecule has 0 radical (unpaired) electrons. The molecule has 128 valence electrons. The Kier molecular flexibility index (Phi) is 7.51. The van der Waals surface area contributed by atoms with Gasteiger partial charge in [-0.3, -0.25) is 9.39 Å². The Morgan fingerprint density at radius 1 is 1.25 bits per heavy atom. The van der Waals surface area contributed by atoms with Crippen molar-refractivity contribution in [1.82, 2.24) is 20.0 Å². The number of nitrogens with zero attached hydrogens (tertiary/aromatic N) is 3. The highest BCUT2D eigenvalue weighted by Gasteiger charge is 2.03. The van der Waals surface area contributed by atoms with Crippen molar-refractivity contribution in [1.29, 1.82) is 0 Å². The summed E-state index contributed by atoms with van der Waals surface area (Å²) in [5, 5.41) is 8.68. The first-order valence-corrected chi connectivity index (χ1v) is 8.62. The number of hydrogen-bond acceptors (Lipinski definition) is 3. The predicted octanol–water partition coefficient (Wildman–Crippen LogP) is 3.31. The summed E-state index contributed by atoms with van der Waals surface area (Å²) in [5.41, 5.74) is 2.39. The highest BCUT2D eigenvalue weighted by atomic mass is 127. The fourth-order valence-corrected chi connectivity index (χ4v) is 3.12. The minimum absolute atomic E-state index is 0. The molecule has 0 fully saturated rings. The van der Waals surface area contributed by atoms with Gasteiger partial charge < -0.3 is 10.6 Å². The van der Waals surface area contributed by atoms with Gasteiger partial charge in [-0.05, 0) is 18.4 Å². The molecule has 1 aromatic carbocycles. The normalized spacial score (nSPS) is 11.3. The van der Waals surface area contributed by atoms with Crippen LogP contribution in [-0.4, -0.2) is 28.9 Å². The summed E-state index contributed by atoms with van der Waals surface area (Å²) in [5.74, 6) is 0.814. The zero-order valence-electron chi connectivity index (χ0n) is 13.6. The van der Waals surface area contributed by atoms with Crippen LogP contribution in [-0.2, 0) is 13.0 Å². The number of hydrogen-bond donors (Lipinski definition) is 2. The van der Waals surface area contributed by atoms with E-state index in [0.29, 0.717) is 6.54 Å². The molecule has 0 aliphatic carbocycles. The minimum atomic E-state index is 0. The lowest BCUT2D eigenvalue weighted by Crippen LogP contribution is -2.37. The van der Waals surface area contributed by atoms with Crippen LogP contribution in [0, 0.1) is 0 Å². The van der Waals surface area contributed by atoms with E-state index in [0.717, 1.165) is 36.0 Å². The second kappa shape index (κ2) is 9.63. The van der Waals surface area contributed by atoms with Crippen molar-refractivity contribution >= 4 is 46.2 Å². The van der Waals surface area contributed by atoms with Crippen molar-refractivity contribution < 1.29 is 0 Å². The molecule has 0 saturated heterocycles. The highest BCUT2D eigenvalue weighted by molar-refractivity contribution is 14.0. The smallest absolute Gasteiger partial charge is 0.193 e. The second-order valence-corrected chi connectivity index (χ2v) is 6.14. The van der Waals surface area contributed by atoms with Gasteiger partial charge in [0.2, 0.25) is 0 Å². The molecule has 0 spiro atoms. The van der Waals surface area contributed by atoms with Crippen LogP contribution in [0.5, 0.6) is 0 Å². The van der Waals surface area contributed by atoms with Crippen molar-refractivity contribution in [3.63, 3.8) is 0 Å². The largest absolute Gasteiger partial charge is 0.356 e. The average molecular weight is 455 g/mol. The van der Waals surface area contributed by atoms with Crippen molar-refractivity contribution in [2.45, 2.75) is 19.4 Å². The molecule has 0 atom stereocenters. The van der Waals surface area contributed by atoms with Gasteiger partial charge in [0, 0.05) is 31.4 Å². The molecule has 2 aromatic heterocycles. The number of nitrogens with one attached hydrogen (secondary N) is 2. The number of aryl methyl sites for hydroxylation is 1. The van der Waals surface area contributed by atoms with Crippen LogP contribution in [0.1, 0.15) is 17.7 Å². The lowest BCUT2D eigenvalue weighted by molar-refractivity contribution is 0.739. The average Bonchev–Trinajstić information content (AvgIpc) is 3.16. The Hall–Kier alpha value is -1.61. The van der Waals surface area contributed by atoms with Crippen LogP contribution < -0.4 is 10.6 Å². The fourth-order valence-electron chi connectivity index (χ4n) is 2.40. The van der Waals surface area contributed by atoms with Gasteiger partial charge in [0.15, 0.2) is 10.9 Å². The molecule has 2 heterocycles. The molecule has 2 N–H and O–H groups in total. The molecule has 0 aliphatic heterocycles. The Balaban J connectivity index is 0.00000208. The van der Waals surface area contributed by atoms with Crippen molar-refractivity contribution in [2.24, 2.45) is 4.99 Å².